The van der Waals surface area contributed by atoms with Crippen molar-refractivity contribution >= 4 is 9.84 Å². The number of hydrogen-bond donors (Lipinski definition) is 2. The van der Waals surface area contributed by atoms with Gasteiger partial charge in [0.1, 0.15) is 0 Å². The largest absolute Gasteiger partial charge is 0.326 e. The summed E-state index contributed by atoms with van der Waals surface area (Å²) in [6.07, 6.45) is 1.21. The minimum Gasteiger partial charge on any atom is -0.326 e. The standard InChI is InChI=1S/C14H24N2O2S/c1-14(2,3)13(15)10-16-9-11-5-7-12(8-6-11)19(4,17)18/h5-8,13,16H,9-10,15H2,1-4H3. The van der Waals surface area contributed by atoms with Gasteiger partial charge in [0.05, 0.1) is 4.90 Å². The van der Waals surface area contributed by atoms with Crippen molar-refractivity contribution in [1.29, 1.82) is 0 Å². The van der Waals surface area contributed by atoms with Crippen LogP contribution >= 0.6 is 0 Å². The highest BCUT2D eigenvalue weighted by molar-refractivity contribution is 7.90. The van der Waals surface area contributed by atoms with E-state index in [-0.39, 0.29) is 11.5 Å². The van der Waals surface area contributed by atoms with Crippen molar-refractivity contribution in [2.24, 2.45) is 11.1 Å². The van der Waals surface area contributed by atoms with Gasteiger partial charge in [0, 0.05) is 25.4 Å². The van der Waals surface area contributed by atoms with Crippen molar-refractivity contribution in [2.45, 2.75) is 38.3 Å². The summed E-state index contributed by atoms with van der Waals surface area (Å²) >= 11 is 0. The van der Waals surface area contributed by atoms with E-state index in [2.05, 4.69) is 26.1 Å². The first-order valence-electron chi connectivity index (χ1n) is 6.36. The Morgan fingerprint density at radius 1 is 1.21 bits per heavy atom. The molecule has 0 heterocycles. The number of nitrogens with one attached hydrogen (secondary N) is 1. The lowest BCUT2D eigenvalue weighted by atomic mass is 9.87. The molecule has 1 aromatic rings. The molecule has 0 aromatic heterocycles. The summed E-state index contributed by atoms with van der Waals surface area (Å²) in [5.41, 5.74) is 7.18. The molecule has 1 atom stereocenters. The number of rotatable bonds is 5. The van der Waals surface area contributed by atoms with Gasteiger partial charge in [-0.2, -0.15) is 0 Å². The van der Waals surface area contributed by atoms with Crippen LogP contribution in [0, 0.1) is 5.41 Å². The van der Waals surface area contributed by atoms with E-state index < -0.39 is 9.84 Å². The van der Waals surface area contributed by atoms with Crippen molar-refractivity contribution < 1.29 is 8.42 Å². The van der Waals surface area contributed by atoms with Crippen LogP contribution in [-0.4, -0.2) is 27.3 Å². The Balaban J connectivity index is 2.52. The van der Waals surface area contributed by atoms with E-state index in [1.165, 1.54) is 6.26 Å². The molecule has 1 unspecified atom stereocenters. The summed E-state index contributed by atoms with van der Waals surface area (Å²) in [7, 11) is -3.11. The summed E-state index contributed by atoms with van der Waals surface area (Å²) in [6.45, 7) is 7.76. The van der Waals surface area contributed by atoms with Crippen molar-refractivity contribution in [3.63, 3.8) is 0 Å². The van der Waals surface area contributed by atoms with Crippen LogP contribution in [0.4, 0.5) is 0 Å². The summed E-state index contributed by atoms with van der Waals surface area (Å²) in [5, 5.41) is 3.29. The Kier molecular flexibility index (Phi) is 5.12. The average Bonchev–Trinajstić information content (AvgIpc) is 2.27. The van der Waals surface area contributed by atoms with E-state index >= 15 is 0 Å². The van der Waals surface area contributed by atoms with E-state index in [1.807, 2.05) is 12.1 Å². The SMILES string of the molecule is CC(C)(C)C(N)CNCc1ccc(S(C)(=O)=O)cc1. The molecule has 0 aliphatic rings. The minimum atomic E-state index is -3.11. The van der Waals surface area contributed by atoms with Gasteiger partial charge >= 0.3 is 0 Å². The quantitative estimate of drug-likeness (QED) is 0.860. The lowest BCUT2D eigenvalue weighted by Crippen LogP contribution is -2.43. The molecule has 5 heteroatoms. The minimum absolute atomic E-state index is 0.0765. The van der Waals surface area contributed by atoms with Gasteiger partial charge in [-0.25, -0.2) is 8.42 Å². The maximum absolute atomic E-state index is 11.3. The third kappa shape index (κ3) is 5.30. The van der Waals surface area contributed by atoms with Crippen molar-refractivity contribution in [2.75, 3.05) is 12.8 Å². The van der Waals surface area contributed by atoms with E-state index in [0.29, 0.717) is 11.4 Å². The number of sulfone groups is 1. The van der Waals surface area contributed by atoms with Crippen LogP contribution in [0.1, 0.15) is 26.3 Å². The lowest BCUT2D eigenvalue weighted by Gasteiger charge is -2.27. The first-order chi connectivity index (χ1) is 8.60. The second-order valence-corrected chi connectivity index (χ2v) is 8.04. The molecular weight excluding hydrogens is 260 g/mol. The van der Waals surface area contributed by atoms with Gasteiger partial charge in [0.2, 0.25) is 0 Å². The second-order valence-electron chi connectivity index (χ2n) is 6.02. The Morgan fingerprint density at radius 3 is 2.16 bits per heavy atom. The van der Waals surface area contributed by atoms with E-state index in [0.717, 1.165) is 12.1 Å². The summed E-state index contributed by atoms with van der Waals surface area (Å²) in [5.74, 6) is 0. The van der Waals surface area contributed by atoms with Crippen LogP contribution in [0.2, 0.25) is 0 Å². The zero-order valence-corrected chi connectivity index (χ0v) is 12.9. The van der Waals surface area contributed by atoms with Gasteiger partial charge in [-0.05, 0) is 23.1 Å². The normalized spacial score (nSPS) is 14.4. The number of nitrogens with two attached hydrogens (primary N) is 1. The van der Waals surface area contributed by atoms with Crippen LogP contribution in [-0.2, 0) is 16.4 Å². The topological polar surface area (TPSA) is 72.2 Å². The number of hydrogen-bond acceptors (Lipinski definition) is 4. The molecule has 1 rings (SSSR count). The Bertz CT molecular complexity index is 501. The highest BCUT2D eigenvalue weighted by Gasteiger charge is 2.19. The maximum atomic E-state index is 11.3. The maximum Gasteiger partial charge on any atom is 0.175 e. The Hall–Kier alpha value is -0.910. The third-order valence-electron chi connectivity index (χ3n) is 3.16. The number of benzene rings is 1. The van der Waals surface area contributed by atoms with Gasteiger partial charge in [-0.3, -0.25) is 0 Å². The van der Waals surface area contributed by atoms with Crippen LogP contribution in [0.25, 0.3) is 0 Å². The highest BCUT2D eigenvalue weighted by atomic mass is 32.2. The zero-order chi connectivity index (χ0) is 14.7. The molecule has 0 aliphatic carbocycles. The van der Waals surface area contributed by atoms with Gasteiger partial charge in [-0.1, -0.05) is 32.9 Å². The molecule has 1 aromatic carbocycles. The van der Waals surface area contributed by atoms with Crippen molar-refractivity contribution in [3.8, 4) is 0 Å². The predicted octanol–water partition coefficient (Wildman–Crippen LogP) is 1.55. The highest BCUT2D eigenvalue weighted by Crippen LogP contribution is 2.16. The molecule has 0 spiro atoms. The Labute approximate surface area is 116 Å². The fraction of sp³-hybridized carbons (Fsp3) is 0.571. The van der Waals surface area contributed by atoms with E-state index in [9.17, 15) is 8.42 Å². The molecule has 4 nitrogen and oxygen atoms in total. The average molecular weight is 284 g/mol. The fourth-order valence-electron chi connectivity index (χ4n) is 1.53. The first kappa shape index (κ1) is 16.1. The van der Waals surface area contributed by atoms with Crippen LogP contribution in [0.15, 0.2) is 29.2 Å². The molecule has 0 aliphatic heterocycles. The predicted molar refractivity (Wildman–Crippen MR) is 78.7 cm³/mol. The molecular formula is C14H24N2O2S. The molecule has 0 bridgehead atoms. The molecule has 0 fully saturated rings. The van der Waals surface area contributed by atoms with Crippen LogP contribution < -0.4 is 11.1 Å². The summed E-state index contributed by atoms with van der Waals surface area (Å²) < 4.78 is 22.7. The van der Waals surface area contributed by atoms with Crippen molar-refractivity contribution in [3.05, 3.63) is 29.8 Å². The molecule has 0 saturated carbocycles. The smallest absolute Gasteiger partial charge is 0.175 e. The van der Waals surface area contributed by atoms with Gasteiger partial charge in [0.15, 0.2) is 9.84 Å². The summed E-state index contributed by atoms with van der Waals surface area (Å²) in [6, 6.07) is 7.01. The molecule has 0 amide bonds. The summed E-state index contributed by atoms with van der Waals surface area (Å²) in [4.78, 5) is 0.350. The first-order valence-corrected chi connectivity index (χ1v) is 8.25. The van der Waals surface area contributed by atoms with E-state index in [1.54, 1.807) is 12.1 Å². The molecule has 19 heavy (non-hydrogen) atoms. The molecule has 108 valence electrons. The zero-order valence-electron chi connectivity index (χ0n) is 12.1. The van der Waals surface area contributed by atoms with Crippen LogP contribution in [0.3, 0.4) is 0 Å². The third-order valence-corrected chi connectivity index (χ3v) is 4.29. The molecule has 0 radical (unpaired) electrons. The van der Waals surface area contributed by atoms with Gasteiger partial charge in [0.25, 0.3) is 0 Å². The monoisotopic (exact) mass is 284 g/mol. The van der Waals surface area contributed by atoms with Gasteiger partial charge < -0.3 is 11.1 Å². The molecule has 0 saturated heterocycles. The molecule has 3 N–H and O–H groups in total. The van der Waals surface area contributed by atoms with Crippen LogP contribution in [0.5, 0.6) is 0 Å². The van der Waals surface area contributed by atoms with Gasteiger partial charge in [-0.15, -0.1) is 0 Å². The second kappa shape index (κ2) is 6.03. The lowest BCUT2D eigenvalue weighted by molar-refractivity contribution is 0.309. The van der Waals surface area contributed by atoms with Crippen molar-refractivity contribution in [1.82, 2.24) is 5.32 Å². The fourth-order valence-corrected chi connectivity index (χ4v) is 2.16. The van der Waals surface area contributed by atoms with E-state index in [4.69, 9.17) is 5.73 Å². The Morgan fingerprint density at radius 2 is 1.74 bits per heavy atom.